The van der Waals surface area contributed by atoms with Crippen LogP contribution >= 0.6 is 0 Å². The molecule has 0 atom stereocenters. The van der Waals surface area contributed by atoms with Gasteiger partial charge < -0.3 is 4.74 Å². The third kappa shape index (κ3) is 6.03. The zero-order valence-corrected chi connectivity index (χ0v) is 21.0. The second kappa shape index (κ2) is 12.3. The van der Waals surface area contributed by atoms with Crippen molar-refractivity contribution in [1.82, 2.24) is 15.2 Å². The van der Waals surface area contributed by atoms with Gasteiger partial charge in [-0.2, -0.15) is 5.10 Å². The van der Waals surface area contributed by atoms with Gasteiger partial charge in [0.15, 0.2) is 0 Å². The van der Waals surface area contributed by atoms with E-state index in [-0.39, 0.29) is 0 Å². The first kappa shape index (κ1) is 25.4. The Kier molecular flexibility index (Phi) is 8.95. The number of pyridine rings is 2. The van der Waals surface area contributed by atoms with E-state index in [0.29, 0.717) is 12.5 Å². The van der Waals surface area contributed by atoms with Crippen molar-refractivity contribution in [3.05, 3.63) is 96.4 Å². The zero-order chi connectivity index (χ0) is 25.2. The van der Waals surface area contributed by atoms with Crippen LogP contribution in [0.3, 0.4) is 0 Å². The third-order valence-electron chi connectivity index (χ3n) is 5.23. The molecular formula is C29H33N4O2+. The van der Waals surface area contributed by atoms with Gasteiger partial charge in [-0.25, -0.2) is 10.1 Å². The molecule has 180 valence electrons. The molecule has 0 aliphatic carbocycles. The van der Waals surface area contributed by atoms with Gasteiger partial charge in [-0.15, -0.1) is 0 Å². The number of benzene rings is 2. The molecule has 3 heterocycles. The average molecular weight is 470 g/mol. The predicted molar refractivity (Wildman–Crippen MR) is 140 cm³/mol. The molecule has 6 heteroatoms. The second-order valence-corrected chi connectivity index (χ2v) is 7.42. The van der Waals surface area contributed by atoms with E-state index >= 15 is 0 Å². The van der Waals surface area contributed by atoms with Gasteiger partial charge in [-0.05, 0) is 36.2 Å². The van der Waals surface area contributed by atoms with Gasteiger partial charge in [-0.3, -0.25) is 5.21 Å². The summed E-state index contributed by atoms with van der Waals surface area (Å²) in [6.07, 6.45) is 4.84. The van der Waals surface area contributed by atoms with Crippen molar-refractivity contribution in [2.75, 3.05) is 0 Å². The Morgan fingerprint density at radius 3 is 2.40 bits per heavy atom. The minimum absolute atomic E-state index is 0.394. The lowest BCUT2D eigenvalue weighted by Gasteiger charge is -2.09. The fourth-order valence-corrected chi connectivity index (χ4v) is 3.64. The Bertz CT molecular complexity index is 1360. The zero-order valence-electron chi connectivity index (χ0n) is 21.0. The summed E-state index contributed by atoms with van der Waals surface area (Å²) in [5.74, 6) is 0.558. The molecule has 0 radical (unpaired) electrons. The Balaban J connectivity index is 0.000000815. The van der Waals surface area contributed by atoms with Gasteiger partial charge in [0.1, 0.15) is 6.61 Å². The molecule has 0 aliphatic rings. The van der Waals surface area contributed by atoms with E-state index < -0.39 is 0 Å². The highest BCUT2D eigenvalue weighted by molar-refractivity contribution is 5.83. The number of fused-ring (bicyclic) bond motifs is 1. The number of hydrogen-bond donors (Lipinski definition) is 2. The number of aryl methyl sites for hydroxylation is 1. The summed E-state index contributed by atoms with van der Waals surface area (Å²) >= 11 is 0. The Morgan fingerprint density at radius 1 is 0.914 bits per heavy atom. The van der Waals surface area contributed by atoms with Crippen molar-refractivity contribution in [2.45, 2.75) is 41.2 Å². The fourth-order valence-electron chi connectivity index (χ4n) is 3.64. The molecule has 0 saturated heterocycles. The molecule has 5 aromatic rings. The van der Waals surface area contributed by atoms with E-state index in [9.17, 15) is 5.21 Å². The molecule has 0 saturated carbocycles. The number of H-pyrrole nitrogens is 1. The van der Waals surface area contributed by atoms with Crippen molar-refractivity contribution in [3.8, 4) is 28.3 Å². The monoisotopic (exact) mass is 469 g/mol. The quantitative estimate of drug-likeness (QED) is 0.220. The maximum absolute atomic E-state index is 9.65. The van der Waals surface area contributed by atoms with Crippen molar-refractivity contribution >= 4 is 10.9 Å². The first-order valence-corrected chi connectivity index (χ1v) is 12.0. The molecule has 0 spiro atoms. The second-order valence-electron chi connectivity index (χ2n) is 7.42. The van der Waals surface area contributed by atoms with Crippen LogP contribution in [0, 0.1) is 6.92 Å². The van der Waals surface area contributed by atoms with Crippen molar-refractivity contribution in [1.29, 1.82) is 0 Å². The van der Waals surface area contributed by atoms with Gasteiger partial charge in [0.05, 0.1) is 28.5 Å². The van der Waals surface area contributed by atoms with Crippen LogP contribution in [0.5, 0.6) is 5.88 Å². The van der Waals surface area contributed by atoms with Crippen LogP contribution in [0.25, 0.3) is 33.3 Å². The van der Waals surface area contributed by atoms with Crippen LogP contribution in [0.2, 0.25) is 0 Å². The van der Waals surface area contributed by atoms with Crippen molar-refractivity contribution in [3.63, 3.8) is 0 Å². The van der Waals surface area contributed by atoms with Gasteiger partial charge in [0.2, 0.25) is 18.3 Å². The standard InChI is InChI=1S/C25H21N4O2.2C2H6/c1-17-13-20-5-2-3-7-23(20)27-24(17)19-10-8-18(9-11-19)16-31-25-22(14-26-28-25)21-6-4-12-29(30)15-21;2*1-2/h2-15,30H,16H2,1H3,(H,26,28);2*1-2H3/q+1;;. The average Bonchev–Trinajstić information content (AvgIpc) is 3.39. The topological polar surface area (TPSA) is 74.9 Å². The molecule has 35 heavy (non-hydrogen) atoms. The SMILES string of the molecule is CC.CC.Cc1cc2ccccc2nc1-c1ccc(COc2[nH]ncc2-c2ccc[n+](O)c2)cc1. The number of aromatic amines is 1. The predicted octanol–water partition coefficient (Wildman–Crippen LogP) is 6.76. The lowest BCUT2D eigenvalue weighted by atomic mass is 10.0. The van der Waals surface area contributed by atoms with E-state index in [1.165, 1.54) is 0 Å². The number of para-hydroxylation sites is 1. The van der Waals surface area contributed by atoms with E-state index in [1.54, 1.807) is 24.7 Å². The molecule has 2 N–H and O–H groups in total. The third-order valence-corrected chi connectivity index (χ3v) is 5.23. The van der Waals surface area contributed by atoms with Crippen molar-refractivity contribution < 1.29 is 14.7 Å². The molecule has 2 aromatic carbocycles. The van der Waals surface area contributed by atoms with Gasteiger partial charge in [0, 0.05) is 21.7 Å². The summed E-state index contributed by atoms with van der Waals surface area (Å²) in [6, 6.07) is 22.2. The Hall–Kier alpha value is -4.19. The first-order chi connectivity index (χ1) is 17.2. The van der Waals surface area contributed by atoms with E-state index in [2.05, 4.69) is 41.4 Å². The van der Waals surface area contributed by atoms with Crippen LogP contribution in [0.1, 0.15) is 38.8 Å². The fraction of sp³-hybridized carbons (Fsp3) is 0.207. The Morgan fingerprint density at radius 2 is 1.66 bits per heavy atom. The molecule has 5 rings (SSSR count). The number of ether oxygens (including phenoxy) is 1. The van der Waals surface area contributed by atoms with Crippen LogP contribution in [-0.4, -0.2) is 20.4 Å². The molecule has 0 fully saturated rings. The molecular weight excluding hydrogens is 436 g/mol. The molecule has 0 bridgehead atoms. The summed E-state index contributed by atoms with van der Waals surface area (Å²) in [4.78, 5) is 4.85. The highest BCUT2D eigenvalue weighted by Gasteiger charge is 2.13. The summed E-state index contributed by atoms with van der Waals surface area (Å²) in [5.41, 5.74) is 6.83. The molecule has 3 aromatic heterocycles. The summed E-state index contributed by atoms with van der Waals surface area (Å²) < 4.78 is 6.97. The number of nitrogens with one attached hydrogen (secondary N) is 1. The first-order valence-electron chi connectivity index (χ1n) is 12.0. The molecule has 0 amide bonds. The minimum Gasteiger partial charge on any atom is -0.473 e. The van der Waals surface area contributed by atoms with Crippen LogP contribution < -0.4 is 9.47 Å². The van der Waals surface area contributed by atoms with E-state index in [4.69, 9.17) is 9.72 Å². The number of rotatable bonds is 5. The van der Waals surface area contributed by atoms with Gasteiger partial charge >= 0.3 is 0 Å². The maximum atomic E-state index is 9.65. The van der Waals surface area contributed by atoms with Crippen LogP contribution in [0.4, 0.5) is 0 Å². The molecule has 0 unspecified atom stereocenters. The molecule has 6 nitrogen and oxygen atoms in total. The summed E-state index contributed by atoms with van der Waals surface area (Å²) in [7, 11) is 0. The Labute approximate surface area is 206 Å². The number of hydrogen-bond acceptors (Lipinski definition) is 4. The lowest BCUT2D eigenvalue weighted by molar-refractivity contribution is -0.904. The van der Waals surface area contributed by atoms with E-state index in [1.807, 2.05) is 64.1 Å². The minimum atomic E-state index is 0.394. The number of nitrogens with zero attached hydrogens (tertiary/aromatic N) is 3. The highest BCUT2D eigenvalue weighted by atomic mass is 16.5. The van der Waals surface area contributed by atoms with Crippen LogP contribution in [0.15, 0.2) is 85.3 Å². The smallest absolute Gasteiger partial charge is 0.230 e. The van der Waals surface area contributed by atoms with E-state index in [0.717, 1.165) is 49.1 Å². The van der Waals surface area contributed by atoms with Crippen molar-refractivity contribution in [2.24, 2.45) is 0 Å². The highest BCUT2D eigenvalue weighted by Crippen LogP contribution is 2.28. The normalized spacial score (nSPS) is 10.1. The summed E-state index contributed by atoms with van der Waals surface area (Å²) in [6.45, 7) is 10.5. The van der Waals surface area contributed by atoms with Crippen LogP contribution in [-0.2, 0) is 6.61 Å². The number of aromatic nitrogens is 4. The summed E-state index contributed by atoms with van der Waals surface area (Å²) in [5, 5.41) is 17.8. The largest absolute Gasteiger partial charge is 0.473 e. The van der Waals surface area contributed by atoms with Gasteiger partial charge in [0.25, 0.3) is 0 Å². The maximum Gasteiger partial charge on any atom is 0.230 e. The molecule has 0 aliphatic heterocycles. The van der Waals surface area contributed by atoms with Gasteiger partial charge in [-0.1, -0.05) is 70.2 Å². The lowest BCUT2D eigenvalue weighted by Crippen LogP contribution is -2.28.